The molecule has 1 aromatic carbocycles. The first kappa shape index (κ1) is 22.5. The third-order valence-electron chi connectivity index (χ3n) is 4.81. The SMILES string of the molecule is CN=C(NCCCN1CCCN(C)CC1)NCc1ccccc1OC(C)(C)C. The molecule has 1 aliphatic rings. The van der Waals surface area contributed by atoms with Crippen LogP contribution in [0.4, 0.5) is 0 Å². The normalized spacial score (nSPS) is 17.2. The summed E-state index contributed by atoms with van der Waals surface area (Å²) in [5.74, 6) is 1.75. The number of benzene rings is 1. The number of guanidine groups is 1. The fourth-order valence-electron chi connectivity index (χ4n) is 3.31. The molecular weight excluding hydrogens is 350 g/mol. The van der Waals surface area contributed by atoms with Gasteiger partial charge >= 0.3 is 0 Å². The zero-order valence-corrected chi connectivity index (χ0v) is 18.4. The molecule has 1 fully saturated rings. The summed E-state index contributed by atoms with van der Waals surface area (Å²) in [6.07, 6.45) is 2.39. The number of rotatable bonds is 7. The second kappa shape index (κ2) is 11.3. The lowest BCUT2D eigenvalue weighted by Crippen LogP contribution is -2.39. The van der Waals surface area contributed by atoms with Crippen LogP contribution in [0.1, 0.15) is 39.2 Å². The predicted octanol–water partition coefficient (Wildman–Crippen LogP) is 2.56. The molecular formula is C22H39N5O. The molecule has 1 heterocycles. The lowest BCUT2D eigenvalue weighted by Gasteiger charge is -2.23. The van der Waals surface area contributed by atoms with Crippen molar-refractivity contribution < 1.29 is 4.74 Å². The monoisotopic (exact) mass is 389 g/mol. The van der Waals surface area contributed by atoms with Crippen LogP contribution in [0.15, 0.2) is 29.3 Å². The second-order valence-corrected chi connectivity index (χ2v) is 8.53. The molecule has 0 aliphatic carbocycles. The van der Waals surface area contributed by atoms with E-state index in [-0.39, 0.29) is 5.60 Å². The van der Waals surface area contributed by atoms with Crippen LogP contribution in [-0.2, 0) is 6.54 Å². The first-order chi connectivity index (χ1) is 13.4. The third-order valence-corrected chi connectivity index (χ3v) is 4.81. The summed E-state index contributed by atoms with van der Waals surface area (Å²) >= 11 is 0. The highest BCUT2D eigenvalue weighted by atomic mass is 16.5. The molecule has 28 heavy (non-hydrogen) atoms. The Labute approximate surface area is 171 Å². The summed E-state index contributed by atoms with van der Waals surface area (Å²) in [6.45, 7) is 13.7. The number of ether oxygens (including phenoxy) is 1. The van der Waals surface area contributed by atoms with E-state index in [9.17, 15) is 0 Å². The molecule has 0 amide bonds. The van der Waals surface area contributed by atoms with Crippen LogP contribution in [0.3, 0.4) is 0 Å². The molecule has 1 saturated heterocycles. The molecule has 2 rings (SSSR count). The molecule has 1 aromatic rings. The highest BCUT2D eigenvalue weighted by Gasteiger charge is 2.14. The number of hydrogen-bond donors (Lipinski definition) is 2. The summed E-state index contributed by atoms with van der Waals surface area (Å²) in [5, 5.41) is 6.84. The van der Waals surface area contributed by atoms with Crippen molar-refractivity contribution in [2.24, 2.45) is 4.99 Å². The molecule has 0 unspecified atom stereocenters. The summed E-state index contributed by atoms with van der Waals surface area (Å²) in [4.78, 5) is 9.34. The van der Waals surface area contributed by atoms with Crippen molar-refractivity contribution in [3.8, 4) is 5.75 Å². The van der Waals surface area contributed by atoms with Crippen LogP contribution in [0.5, 0.6) is 5.75 Å². The Bertz CT molecular complexity index is 611. The second-order valence-electron chi connectivity index (χ2n) is 8.53. The number of aliphatic imine (C=N–C) groups is 1. The topological polar surface area (TPSA) is 52.1 Å². The Kier molecular flexibility index (Phi) is 9.06. The Morgan fingerprint density at radius 3 is 2.64 bits per heavy atom. The van der Waals surface area contributed by atoms with E-state index in [0.717, 1.165) is 36.8 Å². The fourth-order valence-corrected chi connectivity index (χ4v) is 3.31. The van der Waals surface area contributed by atoms with E-state index >= 15 is 0 Å². The van der Waals surface area contributed by atoms with E-state index in [1.54, 1.807) is 0 Å². The molecule has 2 N–H and O–H groups in total. The molecule has 0 bridgehead atoms. The molecule has 0 atom stereocenters. The van der Waals surface area contributed by atoms with Gasteiger partial charge in [0.05, 0.1) is 0 Å². The Morgan fingerprint density at radius 2 is 1.89 bits per heavy atom. The van der Waals surface area contributed by atoms with Gasteiger partial charge in [0, 0.05) is 38.8 Å². The van der Waals surface area contributed by atoms with Gasteiger partial charge in [-0.25, -0.2) is 0 Å². The van der Waals surface area contributed by atoms with E-state index < -0.39 is 0 Å². The van der Waals surface area contributed by atoms with Crippen molar-refractivity contribution in [2.45, 2.75) is 45.8 Å². The summed E-state index contributed by atoms with van der Waals surface area (Å²) in [7, 11) is 4.03. The van der Waals surface area contributed by atoms with E-state index in [2.05, 4.69) is 59.3 Å². The van der Waals surface area contributed by atoms with Crippen LogP contribution in [0, 0.1) is 0 Å². The van der Waals surface area contributed by atoms with Gasteiger partial charge in [0.15, 0.2) is 5.96 Å². The van der Waals surface area contributed by atoms with Crippen LogP contribution in [0.25, 0.3) is 0 Å². The highest BCUT2D eigenvalue weighted by Crippen LogP contribution is 2.22. The van der Waals surface area contributed by atoms with Crippen LogP contribution in [0.2, 0.25) is 0 Å². The first-order valence-electron chi connectivity index (χ1n) is 10.5. The van der Waals surface area contributed by atoms with Gasteiger partial charge in [-0.1, -0.05) is 18.2 Å². The summed E-state index contributed by atoms with van der Waals surface area (Å²) in [6, 6.07) is 8.17. The van der Waals surface area contributed by atoms with Crippen molar-refractivity contribution >= 4 is 5.96 Å². The van der Waals surface area contributed by atoms with Crippen molar-refractivity contribution in [1.82, 2.24) is 20.4 Å². The van der Waals surface area contributed by atoms with Crippen LogP contribution in [-0.4, -0.2) is 74.7 Å². The van der Waals surface area contributed by atoms with E-state index in [1.165, 1.54) is 32.6 Å². The summed E-state index contributed by atoms with van der Waals surface area (Å²) < 4.78 is 6.07. The Balaban J connectivity index is 1.73. The van der Waals surface area contributed by atoms with Crippen LogP contribution < -0.4 is 15.4 Å². The zero-order chi connectivity index (χ0) is 20.4. The molecule has 158 valence electrons. The third kappa shape index (κ3) is 8.48. The van der Waals surface area contributed by atoms with Gasteiger partial charge in [-0.05, 0) is 66.4 Å². The van der Waals surface area contributed by atoms with Gasteiger partial charge in [0.2, 0.25) is 0 Å². The predicted molar refractivity (Wildman–Crippen MR) is 118 cm³/mol. The standard InChI is InChI=1S/C22H39N5O/c1-22(2,3)28-20-11-7-6-10-19(20)18-25-21(23-4)24-12-8-14-27-15-9-13-26(5)16-17-27/h6-7,10-11H,8-9,12-18H2,1-5H3,(H2,23,24,25). The van der Waals surface area contributed by atoms with Gasteiger partial charge in [0.1, 0.15) is 11.4 Å². The molecule has 0 saturated carbocycles. The van der Waals surface area contributed by atoms with Crippen molar-refractivity contribution in [2.75, 3.05) is 53.4 Å². The maximum Gasteiger partial charge on any atom is 0.191 e. The lowest BCUT2D eigenvalue weighted by atomic mass is 10.1. The van der Waals surface area contributed by atoms with Gasteiger partial charge in [-0.2, -0.15) is 0 Å². The molecule has 0 spiro atoms. The maximum atomic E-state index is 6.07. The zero-order valence-electron chi connectivity index (χ0n) is 18.4. The Hall–Kier alpha value is -1.79. The molecule has 0 aromatic heterocycles. The maximum absolute atomic E-state index is 6.07. The van der Waals surface area contributed by atoms with E-state index in [1.807, 2.05) is 25.2 Å². The number of para-hydroxylation sites is 1. The number of likely N-dealkylation sites (N-methyl/N-ethyl adjacent to an activating group) is 1. The minimum Gasteiger partial charge on any atom is -0.488 e. The first-order valence-corrected chi connectivity index (χ1v) is 10.5. The van der Waals surface area contributed by atoms with Gasteiger partial charge in [-0.3, -0.25) is 4.99 Å². The van der Waals surface area contributed by atoms with Gasteiger partial charge in [-0.15, -0.1) is 0 Å². The average Bonchev–Trinajstić information content (AvgIpc) is 2.85. The minimum atomic E-state index is -0.210. The number of hydrogen-bond acceptors (Lipinski definition) is 4. The van der Waals surface area contributed by atoms with Crippen molar-refractivity contribution in [3.63, 3.8) is 0 Å². The smallest absolute Gasteiger partial charge is 0.191 e. The average molecular weight is 390 g/mol. The van der Waals surface area contributed by atoms with Crippen molar-refractivity contribution in [3.05, 3.63) is 29.8 Å². The fraction of sp³-hybridized carbons (Fsp3) is 0.682. The molecule has 1 aliphatic heterocycles. The number of nitrogens with zero attached hydrogens (tertiary/aromatic N) is 3. The van der Waals surface area contributed by atoms with E-state index in [4.69, 9.17) is 4.74 Å². The summed E-state index contributed by atoms with van der Waals surface area (Å²) in [5.41, 5.74) is 0.923. The highest BCUT2D eigenvalue weighted by molar-refractivity contribution is 5.79. The van der Waals surface area contributed by atoms with Crippen LogP contribution >= 0.6 is 0 Å². The van der Waals surface area contributed by atoms with E-state index in [0.29, 0.717) is 6.54 Å². The lowest BCUT2D eigenvalue weighted by molar-refractivity contribution is 0.129. The van der Waals surface area contributed by atoms with Crippen molar-refractivity contribution in [1.29, 1.82) is 0 Å². The molecule has 6 heteroatoms. The molecule has 6 nitrogen and oxygen atoms in total. The largest absolute Gasteiger partial charge is 0.488 e. The minimum absolute atomic E-state index is 0.210. The Morgan fingerprint density at radius 1 is 1.11 bits per heavy atom. The number of nitrogens with one attached hydrogen (secondary N) is 2. The van der Waals surface area contributed by atoms with Gasteiger partial charge in [0.25, 0.3) is 0 Å². The quantitative estimate of drug-likeness (QED) is 0.426. The molecule has 0 radical (unpaired) electrons. The van der Waals surface area contributed by atoms with Gasteiger partial charge < -0.3 is 25.2 Å².